The summed E-state index contributed by atoms with van der Waals surface area (Å²) < 4.78 is 0. The first-order chi connectivity index (χ1) is 12.2. The molecule has 1 aliphatic carbocycles. The number of H-pyrrole nitrogens is 1. The molecule has 1 aromatic carbocycles. The maximum absolute atomic E-state index is 12.2. The van der Waals surface area contributed by atoms with Gasteiger partial charge in [-0.3, -0.25) is 14.7 Å². The molecule has 1 saturated heterocycles. The topological polar surface area (TPSA) is 81.2 Å². The number of fused-ring (bicyclic) bond motifs is 1. The highest BCUT2D eigenvalue weighted by molar-refractivity contribution is 5.78. The number of likely N-dealkylation sites (tertiary alicyclic amines) is 1. The van der Waals surface area contributed by atoms with Crippen molar-refractivity contribution in [3.8, 4) is 0 Å². The van der Waals surface area contributed by atoms with Crippen LogP contribution in [0.5, 0.6) is 0 Å². The summed E-state index contributed by atoms with van der Waals surface area (Å²) in [5.74, 6) is 0.555. The van der Waals surface area contributed by atoms with Gasteiger partial charge in [-0.25, -0.2) is 4.98 Å². The average molecular weight is 342 g/mol. The second-order valence-electron chi connectivity index (χ2n) is 7.31. The molecule has 6 heteroatoms. The van der Waals surface area contributed by atoms with E-state index >= 15 is 0 Å². The number of nitrogens with one attached hydrogen (secondary N) is 2. The van der Waals surface area contributed by atoms with E-state index in [4.69, 9.17) is 0 Å². The van der Waals surface area contributed by atoms with Crippen molar-refractivity contribution >= 4 is 16.9 Å². The third kappa shape index (κ3) is 3.55. The summed E-state index contributed by atoms with van der Waals surface area (Å²) in [7, 11) is 0. The minimum absolute atomic E-state index is 0.101. The van der Waals surface area contributed by atoms with Gasteiger partial charge in [-0.2, -0.15) is 0 Å². The number of nitrogens with zero attached hydrogens (tertiary/aromatic N) is 2. The number of rotatable bonds is 3. The highest BCUT2D eigenvalue weighted by Gasteiger charge is 2.31. The minimum atomic E-state index is -0.170. The van der Waals surface area contributed by atoms with Gasteiger partial charge in [0.25, 0.3) is 5.56 Å². The van der Waals surface area contributed by atoms with Crippen LogP contribution in [0.25, 0.3) is 10.9 Å². The van der Waals surface area contributed by atoms with Crippen molar-refractivity contribution in [1.29, 1.82) is 0 Å². The number of aliphatic hydroxyl groups is 1. The fourth-order valence-corrected chi connectivity index (χ4v) is 4.24. The van der Waals surface area contributed by atoms with E-state index in [0.29, 0.717) is 23.4 Å². The summed E-state index contributed by atoms with van der Waals surface area (Å²) in [6.45, 7) is 1.97. The van der Waals surface area contributed by atoms with E-state index in [2.05, 4.69) is 20.2 Å². The van der Waals surface area contributed by atoms with Crippen LogP contribution < -0.4 is 10.9 Å². The number of aromatic amines is 1. The zero-order valence-corrected chi connectivity index (χ0v) is 14.4. The van der Waals surface area contributed by atoms with E-state index in [-0.39, 0.29) is 11.7 Å². The molecule has 4 rings (SSSR count). The van der Waals surface area contributed by atoms with Crippen LogP contribution in [0.2, 0.25) is 0 Å². The average Bonchev–Trinajstić information content (AvgIpc) is 2.63. The molecule has 0 spiro atoms. The molecule has 2 unspecified atom stereocenters. The molecular weight excluding hydrogens is 316 g/mol. The molecule has 2 fully saturated rings. The molecule has 0 radical (unpaired) electrons. The molecule has 2 heterocycles. The molecule has 1 saturated carbocycles. The predicted molar refractivity (Wildman–Crippen MR) is 98.8 cm³/mol. The van der Waals surface area contributed by atoms with Gasteiger partial charge in [0.1, 0.15) is 0 Å². The highest BCUT2D eigenvalue weighted by Crippen LogP contribution is 2.26. The van der Waals surface area contributed by atoms with E-state index in [9.17, 15) is 9.90 Å². The van der Waals surface area contributed by atoms with Crippen molar-refractivity contribution in [2.45, 2.75) is 56.7 Å². The Hall–Kier alpha value is -1.92. The van der Waals surface area contributed by atoms with Crippen LogP contribution in [0.15, 0.2) is 29.1 Å². The van der Waals surface area contributed by atoms with Crippen LogP contribution in [0, 0.1) is 0 Å². The molecule has 1 aromatic heterocycles. The first-order valence-electron chi connectivity index (χ1n) is 9.38. The fourth-order valence-electron chi connectivity index (χ4n) is 4.24. The highest BCUT2D eigenvalue weighted by atomic mass is 16.3. The lowest BCUT2D eigenvalue weighted by atomic mass is 9.89. The van der Waals surface area contributed by atoms with Crippen molar-refractivity contribution in [2.75, 3.05) is 18.4 Å². The second kappa shape index (κ2) is 7.14. The molecule has 2 atom stereocenters. The number of piperidine rings is 1. The van der Waals surface area contributed by atoms with Gasteiger partial charge < -0.3 is 10.4 Å². The Kier molecular flexibility index (Phi) is 4.72. The van der Waals surface area contributed by atoms with Crippen molar-refractivity contribution in [2.24, 2.45) is 0 Å². The van der Waals surface area contributed by atoms with E-state index in [1.165, 1.54) is 6.42 Å². The molecule has 2 aromatic rings. The fraction of sp³-hybridized carbons (Fsp3) is 0.579. The Morgan fingerprint density at radius 2 is 1.88 bits per heavy atom. The second-order valence-corrected chi connectivity index (χ2v) is 7.31. The standard InChI is InChI=1S/C19H26N4O2/c24-17-8-4-3-7-16(17)23-11-9-13(10-12-23)20-19-21-15-6-2-1-5-14(15)18(25)22-19/h1-2,5-6,13,16-17,24H,3-4,7-12H2,(H2,20,21,22,25). The number of hydrogen-bond donors (Lipinski definition) is 3. The van der Waals surface area contributed by atoms with Gasteiger partial charge in [-0.15, -0.1) is 0 Å². The molecule has 0 amide bonds. The Morgan fingerprint density at radius 1 is 1.12 bits per heavy atom. The van der Waals surface area contributed by atoms with E-state index < -0.39 is 0 Å². The minimum Gasteiger partial charge on any atom is -0.391 e. The summed E-state index contributed by atoms with van der Waals surface area (Å²) in [5.41, 5.74) is 0.618. The van der Waals surface area contributed by atoms with Gasteiger partial charge in [0.15, 0.2) is 0 Å². The van der Waals surface area contributed by atoms with E-state index in [1.807, 2.05) is 18.2 Å². The van der Waals surface area contributed by atoms with Gasteiger partial charge in [0.2, 0.25) is 5.95 Å². The molecule has 3 N–H and O–H groups in total. The van der Waals surface area contributed by atoms with Crippen LogP contribution in [0.3, 0.4) is 0 Å². The largest absolute Gasteiger partial charge is 0.391 e. The summed E-state index contributed by atoms with van der Waals surface area (Å²) in [6.07, 6.45) is 6.25. The molecule has 2 aliphatic rings. The van der Waals surface area contributed by atoms with Gasteiger partial charge in [-0.05, 0) is 37.8 Å². The lowest BCUT2D eigenvalue weighted by Crippen LogP contribution is -2.50. The zero-order chi connectivity index (χ0) is 17.2. The van der Waals surface area contributed by atoms with Gasteiger partial charge >= 0.3 is 0 Å². The first kappa shape index (κ1) is 16.5. The summed E-state index contributed by atoms with van der Waals surface area (Å²) >= 11 is 0. The number of benzene rings is 1. The summed E-state index contributed by atoms with van der Waals surface area (Å²) in [6, 6.07) is 8.03. The van der Waals surface area contributed by atoms with Crippen LogP contribution >= 0.6 is 0 Å². The lowest BCUT2D eigenvalue weighted by Gasteiger charge is -2.41. The van der Waals surface area contributed by atoms with Gasteiger partial charge in [0.05, 0.1) is 17.0 Å². The van der Waals surface area contributed by atoms with Gasteiger partial charge in [0, 0.05) is 25.2 Å². The summed E-state index contributed by atoms with van der Waals surface area (Å²) in [4.78, 5) is 22.0. The molecule has 134 valence electrons. The van der Waals surface area contributed by atoms with Crippen molar-refractivity contribution in [3.63, 3.8) is 0 Å². The third-order valence-corrected chi connectivity index (χ3v) is 5.65. The molecule has 25 heavy (non-hydrogen) atoms. The number of aromatic nitrogens is 2. The van der Waals surface area contributed by atoms with Crippen LogP contribution in [0.1, 0.15) is 38.5 Å². The summed E-state index contributed by atoms with van der Waals surface area (Å²) in [5, 5.41) is 14.3. The molecule has 1 aliphatic heterocycles. The number of aliphatic hydroxyl groups excluding tert-OH is 1. The third-order valence-electron chi connectivity index (χ3n) is 5.65. The first-order valence-corrected chi connectivity index (χ1v) is 9.38. The van der Waals surface area contributed by atoms with Gasteiger partial charge in [-0.1, -0.05) is 25.0 Å². The van der Waals surface area contributed by atoms with Crippen LogP contribution in [-0.4, -0.2) is 51.3 Å². The van der Waals surface area contributed by atoms with Crippen LogP contribution in [0.4, 0.5) is 5.95 Å². The zero-order valence-electron chi connectivity index (χ0n) is 14.4. The number of hydrogen-bond acceptors (Lipinski definition) is 5. The Labute approximate surface area is 147 Å². The van der Waals surface area contributed by atoms with Crippen molar-refractivity contribution in [1.82, 2.24) is 14.9 Å². The Morgan fingerprint density at radius 3 is 2.68 bits per heavy atom. The monoisotopic (exact) mass is 342 g/mol. The number of para-hydroxylation sites is 1. The molecule has 6 nitrogen and oxygen atoms in total. The van der Waals surface area contributed by atoms with E-state index in [0.717, 1.165) is 50.7 Å². The van der Waals surface area contributed by atoms with E-state index in [1.54, 1.807) is 6.07 Å². The Bertz CT molecular complexity index is 782. The quantitative estimate of drug-likeness (QED) is 0.796. The normalized spacial score (nSPS) is 26.0. The smallest absolute Gasteiger partial charge is 0.260 e. The van der Waals surface area contributed by atoms with Crippen molar-refractivity contribution in [3.05, 3.63) is 34.6 Å². The Balaban J connectivity index is 1.39. The molecule has 0 bridgehead atoms. The SMILES string of the molecule is O=c1[nH]c(NC2CCN(C3CCCCC3O)CC2)nc2ccccc12. The van der Waals surface area contributed by atoms with Crippen LogP contribution in [-0.2, 0) is 0 Å². The molecular formula is C19H26N4O2. The number of anilines is 1. The predicted octanol–water partition coefficient (Wildman–Crippen LogP) is 2.10. The maximum atomic E-state index is 12.2. The maximum Gasteiger partial charge on any atom is 0.260 e. The van der Waals surface area contributed by atoms with Crippen molar-refractivity contribution < 1.29 is 5.11 Å². The lowest BCUT2D eigenvalue weighted by molar-refractivity contribution is 0.00991.